The number of hydrogen-bond acceptors (Lipinski definition) is 6. The molecule has 0 aliphatic carbocycles. The summed E-state index contributed by atoms with van der Waals surface area (Å²) in [5.41, 5.74) is 0.161. The van der Waals surface area contributed by atoms with Gasteiger partial charge in [0.25, 0.3) is 0 Å². The predicted octanol–water partition coefficient (Wildman–Crippen LogP) is -0.827. The van der Waals surface area contributed by atoms with Gasteiger partial charge in [-0.05, 0) is 6.92 Å². The third kappa shape index (κ3) is 2.59. The van der Waals surface area contributed by atoms with E-state index in [1.165, 1.54) is 10.7 Å². The van der Waals surface area contributed by atoms with E-state index < -0.39 is 0 Å². The van der Waals surface area contributed by atoms with Crippen LogP contribution in [0.15, 0.2) is 17.2 Å². The molecule has 19 heavy (non-hydrogen) atoms. The van der Waals surface area contributed by atoms with Gasteiger partial charge in [0.2, 0.25) is 5.88 Å². The van der Waals surface area contributed by atoms with Crippen LogP contribution in [-0.2, 0) is 4.74 Å². The summed E-state index contributed by atoms with van der Waals surface area (Å²) in [7, 11) is 0. The van der Waals surface area contributed by atoms with Crippen molar-refractivity contribution >= 4 is 5.65 Å². The molecule has 0 amide bonds. The van der Waals surface area contributed by atoms with Crippen molar-refractivity contribution in [1.29, 1.82) is 0 Å². The number of ether oxygens (including phenoxy) is 2. The van der Waals surface area contributed by atoms with Gasteiger partial charge in [0, 0.05) is 19.2 Å². The molecule has 0 radical (unpaired) electrons. The highest BCUT2D eigenvalue weighted by molar-refractivity contribution is 5.38. The van der Waals surface area contributed by atoms with E-state index in [1.807, 2.05) is 6.92 Å². The van der Waals surface area contributed by atoms with Crippen LogP contribution < -0.4 is 15.7 Å². The van der Waals surface area contributed by atoms with Crippen molar-refractivity contribution in [2.45, 2.75) is 19.1 Å². The topological polar surface area (TPSA) is 93.5 Å². The first-order chi connectivity index (χ1) is 9.22. The number of aromatic amines is 1. The number of fused-ring (bicyclic) bond motifs is 1. The summed E-state index contributed by atoms with van der Waals surface area (Å²) in [4.78, 5) is 15.3. The molecule has 3 rings (SSSR count). The number of rotatable bonds is 3. The van der Waals surface area contributed by atoms with Gasteiger partial charge >= 0.3 is 5.69 Å². The van der Waals surface area contributed by atoms with Gasteiger partial charge in [-0.1, -0.05) is 0 Å². The zero-order valence-electron chi connectivity index (χ0n) is 10.5. The maximum Gasteiger partial charge on any atom is 0.348 e. The minimum atomic E-state index is -0.317. The van der Waals surface area contributed by atoms with Crippen LogP contribution in [0.5, 0.6) is 5.88 Å². The average molecular weight is 265 g/mol. The molecule has 1 aliphatic rings. The van der Waals surface area contributed by atoms with Gasteiger partial charge in [-0.25, -0.2) is 19.3 Å². The molecule has 102 valence electrons. The predicted molar refractivity (Wildman–Crippen MR) is 66.3 cm³/mol. The number of morpholine rings is 1. The summed E-state index contributed by atoms with van der Waals surface area (Å²) < 4.78 is 12.6. The molecule has 2 aromatic heterocycles. The second-order valence-electron chi connectivity index (χ2n) is 4.52. The number of H-pyrrole nitrogens is 1. The number of nitrogens with zero attached hydrogens (tertiary/aromatic N) is 3. The van der Waals surface area contributed by atoms with Crippen molar-refractivity contribution in [2.24, 2.45) is 0 Å². The highest BCUT2D eigenvalue weighted by Crippen LogP contribution is 2.10. The lowest BCUT2D eigenvalue weighted by Gasteiger charge is -2.28. The van der Waals surface area contributed by atoms with Gasteiger partial charge in [0.15, 0.2) is 5.65 Å². The Morgan fingerprint density at radius 3 is 3.32 bits per heavy atom. The van der Waals surface area contributed by atoms with Crippen LogP contribution in [0.25, 0.3) is 5.65 Å². The molecule has 0 spiro atoms. The van der Waals surface area contributed by atoms with E-state index in [4.69, 9.17) is 9.47 Å². The fourth-order valence-corrected chi connectivity index (χ4v) is 2.02. The van der Waals surface area contributed by atoms with E-state index in [0.717, 1.165) is 13.1 Å². The van der Waals surface area contributed by atoms with Crippen molar-refractivity contribution in [3.8, 4) is 5.88 Å². The Hall–Kier alpha value is -1.93. The normalized spacial score (nSPS) is 23.6. The molecule has 2 atom stereocenters. The number of aromatic nitrogens is 4. The lowest BCUT2D eigenvalue weighted by atomic mass is 10.2. The molecule has 0 bridgehead atoms. The van der Waals surface area contributed by atoms with Crippen molar-refractivity contribution in [2.75, 3.05) is 19.7 Å². The van der Waals surface area contributed by atoms with E-state index in [9.17, 15) is 4.79 Å². The highest BCUT2D eigenvalue weighted by Gasteiger charge is 2.19. The minimum Gasteiger partial charge on any atom is -0.475 e. The van der Waals surface area contributed by atoms with E-state index in [2.05, 4.69) is 20.5 Å². The maximum absolute atomic E-state index is 11.3. The molecular formula is C11H15N5O3. The fourth-order valence-electron chi connectivity index (χ4n) is 2.02. The van der Waals surface area contributed by atoms with E-state index in [0.29, 0.717) is 18.1 Å². The third-order valence-corrected chi connectivity index (χ3v) is 2.93. The van der Waals surface area contributed by atoms with Gasteiger partial charge in [0.05, 0.1) is 6.10 Å². The Labute approximate surface area is 108 Å². The molecule has 2 unspecified atom stereocenters. The van der Waals surface area contributed by atoms with Crippen LogP contribution in [0, 0.1) is 0 Å². The third-order valence-electron chi connectivity index (χ3n) is 2.93. The second-order valence-corrected chi connectivity index (χ2v) is 4.52. The Bertz CT molecular complexity index is 622. The Morgan fingerprint density at radius 2 is 2.47 bits per heavy atom. The molecule has 1 saturated heterocycles. The number of nitrogens with one attached hydrogen (secondary N) is 2. The summed E-state index contributed by atoms with van der Waals surface area (Å²) in [5.74, 6) is 0.424. The molecule has 0 aromatic carbocycles. The molecular weight excluding hydrogens is 250 g/mol. The summed E-state index contributed by atoms with van der Waals surface area (Å²) in [5, 5.41) is 9.46. The van der Waals surface area contributed by atoms with Crippen molar-refractivity contribution in [3.05, 3.63) is 22.9 Å². The first kappa shape index (κ1) is 12.1. The van der Waals surface area contributed by atoms with Crippen LogP contribution in [0.2, 0.25) is 0 Å². The van der Waals surface area contributed by atoms with E-state index >= 15 is 0 Å². The lowest BCUT2D eigenvalue weighted by Crippen LogP contribution is -2.45. The monoisotopic (exact) mass is 265 g/mol. The zero-order chi connectivity index (χ0) is 13.2. The molecule has 2 aromatic rings. The van der Waals surface area contributed by atoms with Gasteiger partial charge < -0.3 is 14.8 Å². The van der Waals surface area contributed by atoms with Crippen LogP contribution in [0.1, 0.15) is 6.92 Å². The van der Waals surface area contributed by atoms with E-state index in [1.54, 1.807) is 6.07 Å². The second kappa shape index (κ2) is 4.98. The summed E-state index contributed by atoms with van der Waals surface area (Å²) in [6, 6.07) is 1.61. The largest absolute Gasteiger partial charge is 0.475 e. The average Bonchev–Trinajstić information content (AvgIpc) is 2.78. The SMILES string of the molecule is CC1CNCC(COc2cc3n[nH]c(=O)n3cn2)O1. The Kier molecular flexibility index (Phi) is 3.18. The zero-order valence-corrected chi connectivity index (χ0v) is 10.5. The maximum atomic E-state index is 11.3. The minimum absolute atomic E-state index is 0.00292. The smallest absolute Gasteiger partial charge is 0.348 e. The number of hydrogen-bond donors (Lipinski definition) is 2. The van der Waals surface area contributed by atoms with Gasteiger partial charge in [-0.15, -0.1) is 0 Å². The molecule has 1 aliphatic heterocycles. The first-order valence-corrected chi connectivity index (χ1v) is 6.14. The van der Waals surface area contributed by atoms with Gasteiger partial charge in [-0.3, -0.25) is 0 Å². The van der Waals surface area contributed by atoms with Crippen molar-refractivity contribution in [3.63, 3.8) is 0 Å². The molecule has 0 saturated carbocycles. The molecule has 8 heteroatoms. The Morgan fingerprint density at radius 1 is 1.58 bits per heavy atom. The lowest BCUT2D eigenvalue weighted by molar-refractivity contribution is -0.0476. The van der Waals surface area contributed by atoms with Crippen molar-refractivity contribution < 1.29 is 9.47 Å². The van der Waals surface area contributed by atoms with Crippen LogP contribution in [-0.4, -0.2) is 51.5 Å². The van der Waals surface area contributed by atoms with Crippen LogP contribution >= 0.6 is 0 Å². The quantitative estimate of drug-likeness (QED) is 0.752. The summed E-state index contributed by atoms with van der Waals surface area (Å²) >= 11 is 0. The summed E-state index contributed by atoms with van der Waals surface area (Å²) in [6.07, 6.45) is 1.57. The molecule has 2 N–H and O–H groups in total. The van der Waals surface area contributed by atoms with Crippen molar-refractivity contribution in [1.82, 2.24) is 24.9 Å². The van der Waals surface area contributed by atoms with Gasteiger partial charge in [0.1, 0.15) is 19.0 Å². The standard InChI is InChI=1S/C11H15N5O3/c1-7-3-12-4-8(19-7)5-18-10-2-9-14-15-11(17)16(9)6-13-10/h2,6-8,12H,3-5H2,1H3,(H,15,17). The van der Waals surface area contributed by atoms with Gasteiger partial charge in [-0.2, -0.15) is 5.10 Å². The Balaban J connectivity index is 1.66. The molecule has 8 nitrogen and oxygen atoms in total. The first-order valence-electron chi connectivity index (χ1n) is 6.14. The molecule has 3 heterocycles. The fraction of sp³-hybridized carbons (Fsp3) is 0.545. The highest BCUT2D eigenvalue weighted by atomic mass is 16.5. The van der Waals surface area contributed by atoms with Crippen LogP contribution in [0.3, 0.4) is 0 Å². The van der Waals surface area contributed by atoms with Crippen LogP contribution in [0.4, 0.5) is 0 Å². The summed E-state index contributed by atoms with van der Waals surface area (Å²) in [6.45, 7) is 4.04. The molecule has 1 fully saturated rings. The van der Waals surface area contributed by atoms with E-state index in [-0.39, 0.29) is 17.9 Å².